The molecule has 1 unspecified atom stereocenters. The van der Waals surface area contributed by atoms with E-state index in [1.807, 2.05) is 0 Å². The lowest BCUT2D eigenvalue weighted by molar-refractivity contribution is -0.139. The third-order valence-corrected chi connectivity index (χ3v) is 3.67. The third-order valence-electron chi connectivity index (χ3n) is 3.32. The summed E-state index contributed by atoms with van der Waals surface area (Å²) in [5.74, 6) is -0.527. The Morgan fingerprint density at radius 2 is 2.23 bits per heavy atom. The minimum atomic E-state index is -4.80. The molecule has 3 amide bonds. The summed E-state index contributed by atoms with van der Waals surface area (Å²) in [6, 6.07) is -2.40. The number of rotatable bonds is 6. The molecule has 0 saturated carbocycles. The molecule has 4 N–H and O–H groups in total. The molecular formula is C10H18N4O7S. The van der Waals surface area contributed by atoms with Crippen molar-refractivity contribution in [3.63, 3.8) is 0 Å². The molecule has 2 rings (SSSR count). The summed E-state index contributed by atoms with van der Waals surface area (Å²) in [4.78, 5) is 30.2. The van der Waals surface area contributed by atoms with Crippen molar-refractivity contribution in [3.8, 4) is 0 Å². The molecule has 0 aromatic carbocycles. The summed E-state index contributed by atoms with van der Waals surface area (Å²) >= 11 is 0. The fourth-order valence-corrected chi connectivity index (χ4v) is 2.80. The number of nitrogens with zero attached hydrogens (tertiary/aromatic N) is 2. The predicted octanol–water partition coefficient (Wildman–Crippen LogP) is -1.62. The molecule has 2 bridgehead atoms. The fraction of sp³-hybridized carbons (Fsp3) is 0.800. The first-order valence-corrected chi connectivity index (χ1v) is 7.99. The maximum absolute atomic E-state index is 12.1. The van der Waals surface area contributed by atoms with E-state index in [1.54, 1.807) is 6.92 Å². The summed E-state index contributed by atoms with van der Waals surface area (Å²) in [5, 5.41) is 0.575. The van der Waals surface area contributed by atoms with E-state index in [1.165, 1.54) is 4.90 Å². The number of hydroxylamine groups is 3. The van der Waals surface area contributed by atoms with Crippen LogP contribution in [0, 0.1) is 0 Å². The second-order valence-electron chi connectivity index (χ2n) is 5.26. The van der Waals surface area contributed by atoms with E-state index >= 15 is 0 Å². The number of hydrogen-bond donors (Lipinski definition) is 3. The molecule has 2 fully saturated rings. The van der Waals surface area contributed by atoms with E-state index in [4.69, 9.17) is 15.1 Å². The second-order valence-corrected chi connectivity index (χ2v) is 6.27. The van der Waals surface area contributed by atoms with Gasteiger partial charge in [0.05, 0.1) is 12.6 Å². The molecular weight excluding hydrogens is 320 g/mol. The van der Waals surface area contributed by atoms with Crippen molar-refractivity contribution < 1.29 is 31.7 Å². The molecule has 2 heterocycles. The van der Waals surface area contributed by atoms with Crippen molar-refractivity contribution in [1.29, 1.82) is 0 Å². The Balaban J connectivity index is 1.98. The van der Waals surface area contributed by atoms with Gasteiger partial charge in [-0.05, 0) is 19.8 Å². The molecule has 11 nitrogen and oxygen atoms in total. The maximum atomic E-state index is 12.1. The molecule has 0 aromatic heterocycles. The number of nitrogens with one attached hydrogen (secondary N) is 1. The Bertz CT molecular complexity index is 551. The number of amides is 3. The Labute approximate surface area is 127 Å². The van der Waals surface area contributed by atoms with E-state index in [-0.39, 0.29) is 19.2 Å². The zero-order valence-electron chi connectivity index (χ0n) is 11.8. The molecule has 0 aromatic rings. The van der Waals surface area contributed by atoms with Crippen LogP contribution < -0.4 is 11.2 Å². The monoisotopic (exact) mass is 338 g/mol. The highest BCUT2D eigenvalue weighted by Gasteiger charge is 2.49. The van der Waals surface area contributed by atoms with Crippen molar-refractivity contribution in [1.82, 2.24) is 15.4 Å². The first-order chi connectivity index (χ1) is 10.2. The zero-order valence-corrected chi connectivity index (χ0v) is 12.7. The first kappa shape index (κ1) is 16.9. The van der Waals surface area contributed by atoms with Gasteiger partial charge >= 0.3 is 16.4 Å². The highest BCUT2D eigenvalue weighted by atomic mass is 32.3. The summed E-state index contributed by atoms with van der Waals surface area (Å²) in [5.41, 5.74) is 7.68. The first-order valence-electron chi connectivity index (χ1n) is 6.63. The molecule has 12 heteroatoms. The van der Waals surface area contributed by atoms with E-state index < -0.39 is 34.4 Å². The third kappa shape index (κ3) is 3.84. The van der Waals surface area contributed by atoms with Crippen molar-refractivity contribution >= 4 is 22.3 Å². The van der Waals surface area contributed by atoms with Crippen molar-refractivity contribution in [3.05, 3.63) is 0 Å². The number of nitrogens with two attached hydrogens (primary N) is 1. The molecule has 2 aliphatic rings. The van der Waals surface area contributed by atoms with Gasteiger partial charge < -0.3 is 10.6 Å². The number of piperidine rings is 1. The molecule has 2 saturated heterocycles. The van der Waals surface area contributed by atoms with E-state index in [0.29, 0.717) is 17.9 Å². The molecule has 0 radical (unpaired) electrons. The van der Waals surface area contributed by atoms with Crippen molar-refractivity contribution in [2.24, 2.45) is 5.73 Å². The second kappa shape index (κ2) is 6.34. The smallest absolute Gasteiger partial charge is 0.326 e. The topological polar surface area (TPSA) is 151 Å². The zero-order chi connectivity index (χ0) is 16.5. The summed E-state index contributed by atoms with van der Waals surface area (Å²) in [6.07, 6.45) is 0.665. The Morgan fingerprint density at radius 1 is 1.55 bits per heavy atom. The quantitative estimate of drug-likeness (QED) is 0.386. The van der Waals surface area contributed by atoms with Gasteiger partial charge in [-0.3, -0.25) is 14.2 Å². The number of carbonyl (C=O) groups is 2. The fourth-order valence-electron chi connectivity index (χ4n) is 2.42. The molecule has 3 atom stereocenters. The van der Waals surface area contributed by atoms with Crippen LogP contribution in [0.2, 0.25) is 0 Å². The van der Waals surface area contributed by atoms with Gasteiger partial charge in [0.1, 0.15) is 6.04 Å². The number of hydrogen-bond acceptors (Lipinski definition) is 7. The lowest BCUT2D eigenvalue weighted by atomic mass is 10.0. The van der Waals surface area contributed by atoms with Crippen LogP contribution >= 0.6 is 0 Å². The van der Waals surface area contributed by atoms with Crippen molar-refractivity contribution in [2.45, 2.75) is 37.9 Å². The Kier molecular flexibility index (Phi) is 4.87. The summed E-state index contributed by atoms with van der Waals surface area (Å²) < 4.78 is 34.4. The van der Waals surface area contributed by atoms with Crippen LogP contribution in [-0.4, -0.2) is 66.1 Å². The molecule has 22 heavy (non-hydrogen) atoms. The predicted molar refractivity (Wildman–Crippen MR) is 71.1 cm³/mol. The highest BCUT2D eigenvalue weighted by Crippen LogP contribution is 2.30. The van der Waals surface area contributed by atoms with Crippen LogP contribution in [0.25, 0.3) is 0 Å². The van der Waals surface area contributed by atoms with Gasteiger partial charge in [-0.1, -0.05) is 0 Å². The SMILES string of the molecule is C[C@@H](N)CONC(=O)[C@@H]1CCC2CN1C(=O)N2OS(=O)(=O)O. The molecule has 126 valence electrons. The minimum absolute atomic E-state index is 0.118. The average molecular weight is 338 g/mol. The summed E-state index contributed by atoms with van der Waals surface area (Å²) in [7, 11) is -4.80. The van der Waals surface area contributed by atoms with Gasteiger partial charge in [0, 0.05) is 12.6 Å². The lowest BCUT2D eigenvalue weighted by Gasteiger charge is -2.28. The van der Waals surface area contributed by atoms with Gasteiger partial charge in [-0.25, -0.2) is 10.3 Å². The lowest BCUT2D eigenvalue weighted by Crippen LogP contribution is -2.50. The Hall–Kier alpha value is -1.47. The van der Waals surface area contributed by atoms with Crippen molar-refractivity contribution in [2.75, 3.05) is 13.2 Å². The van der Waals surface area contributed by atoms with Crippen LogP contribution in [0.5, 0.6) is 0 Å². The minimum Gasteiger partial charge on any atom is -0.326 e. The normalized spacial score (nSPS) is 26.2. The van der Waals surface area contributed by atoms with Gasteiger partial charge in [-0.15, -0.1) is 4.28 Å². The van der Waals surface area contributed by atoms with Gasteiger partial charge in [0.2, 0.25) is 0 Å². The number of fused-ring (bicyclic) bond motifs is 2. The largest absolute Gasteiger partial charge is 0.418 e. The van der Waals surface area contributed by atoms with Gasteiger partial charge in [-0.2, -0.15) is 13.5 Å². The molecule has 2 aliphatic heterocycles. The van der Waals surface area contributed by atoms with Crippen LogP contribution in [0.3, 0.4) is 0 Å². The maximum Gasteiger partial charge on any atom is 0.418 e. The van der Waals surface area contributed by atoms with Crippen LogP contribution in [0.1, 0.15) is 19.8 Å². The van der Waals surface area contributed by atoms with Gasteiger partial charge in [0.15, 0.2) is 0 Å². The number of urea groups is 1. The average Bonchev–Trinajstić information content (AvgIpc) is 2.62. The Morgan fingerprint density at radius 3 is 2.82 bits per heavy atom. The van der Waals surface area contributed by atoms with Crippen LogP contribution in [0.4, 0.5) is 4.79 Å². The van der Waals surface area contributed by atoms with Crippen LogP contribution in [-0.2, 0) is 24.3 Å². The highest BCUT2D eigenvalue weighted by molar-refractivity contribution is 7.80. The molecule has 0 aliphatic carbocycles. The standard InChI is InChI=1S/C10H18N4O7S/c1-6(11)5-20-12-9(15)8-3-2-7-4-13(8)10(16)14(7)21-22(17,18)19/h6-8H,2-5,11H2,1H3,(H,12,15)(H,17,18,19)/t6-,7?,8+/m1/s1. The van der Waals surface area contributed by atoms with E-state index in [9.17, 15) is 18.0 Å². The van der Waals surface area contributed by atoms with Crippen LogP contribution in [0.15, 0.2) is 0 Å². The summed E-state index contributed by atoms with van der Waals surface area (Å²) in [6.45, 7) is 1.94. The molecule has 0 spiro atoms. The van der Waals surface area contributed by atoms with Gasteiger partial charge in [0.25, 0.3) is 5.91 Å². The number of carbonyl (C=O) groups excluding carboxylic acids is 2. The van der Waals surface area contributed by atoms with E-state index in [2.05, 4.69) is 9.76 Å². The van der Waals surface area contributed by atoms with E-state index in [0.717, 1.165) is 0 Å².